The Labute approximate surface area is 165 Å². The molecule has 29 heavy (non-hydrogen) atoms. The van der Waals surface area contributed by atoms with E-state index in [1.807, 2.05) is 18.2 Å². The first-order valence-electron chi connectivity index (χ1n) is 9.11. The summed E-state index contributed by atoms with van der Waals surface area (Å²) in [5, 5.41) is 13.8. The molecule has 0 aliphatic carbocycles. The van der Waals surface area contributed by atoms with Crippen LogP contribution in [0.5, 0.6) is 0 Å². The zero-order valence-electron chi connectivity index (χ0n) is 15.9. The van der Waals surface area contributed by atoms with Gasteiger partial charge in [0.25, 0.3) is 5.82 Å². The number of nitrogens with one attached hydrogen (secondary N) is 1. The average Bonchev–Trinajstić information content (AvgIpc) is 3.23. The number of rotatable bonds is 5. The van der Waals surface area contributed by atoms with Crippen LogP contribution in [0.15, 0.2) is 48.5 Å². The summed E-state index contributed by atoms with van der Waals surface area (Å²) in [6.07, 6.45) is -3.90. The number of fused-ring (bicyclic) bond motifs is 1. The van der Waals surface area contributed by atoms with Crippen LogP contribution in [0, 0.1) is 13.8 Å². The van der Waals surface area contributed by atoms with E-state index in [4.69, 9.17) is 0 Å². The van der Waals surface area contributed by atoms with Crippen molar-refractivity contribution >= 4 is 11.5 Å². The molecule has 1 N–H and O–H groups in total. The molecule has 0 unspecified atom stereocenters. The number of hydrogen-bond acceptors (Lipinski definition) is 4. The van der Waals surface area contributed by atoms with Crippen molar-refractivity contribution in [3.63, 3.8) is 0 Å². The van der Waals surface area contributed by atoms with Crippen molar-refractivity contribution in [2.45, 2.75) is 26.4 Å². The Bertz CT molecular complexity index is 1140. The molecule has 0 amide bonds. The van der Waals surface area contributed by atoms with E-state index in [1.165, 1.54) is 11.6 Å². The summed E-state index contributed by atoms with van der Waals surface area (Å²) >= 11 is 0. The Kier molecular flexibility index (Phi) is 4.73. The molecule has 0 radical (unpaired) electrons. The lowest BCUT2D eigenvalue weighted by Gasteiger charge is -2.10. The lowest BCUT2D eigenvalue weighted by atomic mass is 10.2. The Morgan fingerprint density at radius 3 is 2.48 bits per heavy atom. The van der Waals surface area contributed by atoms with Crippen molar-refractivity contribution in [2.24, 2.45) is 0 Å². The lowest BCUT2D eigenvalue weighted by Crippen LogP contribution is -2.14. The first-order chi connectivity index (χ1) is 13.8. The maximum atomic E-state index is 13.0. The van der Waals surface area contributed by atoms with Gasteiger partial charge < -0.3 is 9.88 Å². The van der Waals surface area contributed by atoms with E-state index in [0.717, 1.165) is 17.1 Å². The lowest BCUT2D eigenvalue weighted by molar-refractivity contribution is -0.146. The molecular weight excluding hydrogens is 381 g/mol. The zero-order valence-corrected chi connectivity index (χ0v) is 15.9. The summed E-state index contributed by atoms with van der Waals surface area (Å²) in [4.78, 5) is 0. The third-order valence-electron chi connectivity index (χ3n) is 4.77. The van der Waals surface area contributed by atoms with Gasteiger partial charge in [-0.3, -0.25) is 0 Å². The fourth-order valence-corrected chi connectivity index (χ4v) is 3.44. The smallest absolute Gasteiger partial charge is 0.368 e. The van der Waals surface area contributed by atoms with Crippen LogP contribution in [-0.2, 0) is 12.6 Å². The highest BCUT2D eigenvalue weighted by atomic mass is 19.4. The van der Waals surface area contributed by atoms with Gasteiger partial charge in [0.1, 0.15) is 5.82 Å². The molecule has 0 saturated carbocycles. The molecule has 0 fully saturated rings. The maximum Gasteiger partial charge on any atom is 0.453 e. The fourth-order valence-electron chi connectivity index (χ4n) is 3.44. The molecule has 0 bridgehead atoms. The minimum atomic E-state index is -4.61. The molecule has 4 aromatic rings. The van der Waals surface area contributed by atoms with Crippen LogP contribution < -0.4 is 5.32 Å². The molecule has 6 nitrogen and oxygen atoms in total. The van der Waals surface area contributed by atoms with E-state index in [2.05, 4.69) is 57.2 Å². The molecule has 3 aromatic heterocycles. The number of anilines is 1. The van der Waals surface area contributed by atoms with E-state index in [-0.39, 0.29) is 5.65 Å². The SMILES string of the molecule is Cc1cc(CCNc2ccc3nnc(C(F)(F)F)n3n2)c(C)n1-c1ccccc1. The Morgan fingerprint density at radius 2 is 1.76 bits per heavy atom. The van der Waals surface area contributed by atoms with Gasteiger partial charge in [0.15, 0.2) is 5.65 Å². The topological polar surface area (TPSA) is 60.0 Å². The summed E-state index contributed by atoms with van der Waals surface area (Å²) in [7, 11) is 0. The molecule has 0 spiro atoms. The average molecular weight is 400 g/mol. The molecule has 1 aromatic carbocycles. The minimum Gasteiger partial charge on any atom is -0.368 e. The van der Waals surface area contributed by atoms with Crippen molar-refractivity contribution in [1.82, 2.24) is 24.4 Å². The van der Waals surface area contributed by atoms with Gasteiger partial charge in [-0.25, -0.2) is 0 Å². The maximum absolute atomic E-state index is 13.0. The number of hydrogen-bond donors (Lipinski definition) is 1. The van der Waals surface area contributed by atoms with E-state index in [0.29, 0.717) is 23.3 Å². The van der Waals surface area contributed by atoms with Crippen molar-refractivity contribution in [3.8, 4) is 5.69 Å². The number of nitrogens with zero attached hydrogens (tertiary/aromatic N) is 5. The van der Waals surface area contributed by atoms with Gasteiger partial charge in [-0.2, -0.15) is 17.7 Å². The van der Waals surface area contributed by atoms with Gasteiger partial charge >= 0.3 is 6.18 Å². The number of alkyl halides is 3. The molecule has 0 aliphatic heterocycles. The number of aromatic nitrogens is 5. The zero-order chi connectivity index (χ0) is 20.6. The van der Waals surface area contributed by atoms with Gasteiger partial charge in [-0.05, 0) is 56.2 Å². The Balaban J connectivity index is 1.50. The van der Waals surface area contributed by atoms with E-state index < -0.39 is 12.0 Å². The van der Waals surface area contributed by atoms with E-state index >= 15 is 0 Å². The number of aryl methyl sites for hydroxylation is 1. The van der Waals surface area contributed by atoms with Crippen molar-refractivity contribution in [1.29, 1.82) is 0 Å². The molecule has 0 saturated heterocycles. The standard InChI is InChI=1S/C20H19F3N6/c1-13-12-15(14(2)28(13)16-6-4-3-5-7-16)10-11-24-17-8-9-18-25-26-19(20(21,22)23)29(18)27-17/h3-9,12H,10-11H2,1-2H3,(H,24,27). The molecule has 3 heterocycles. The predicted molar refractivity (Wildman–Crippen MR) is 103 cm³/mol. The van der Waals surface area contributed by atoms with Gasteiger partial charge in [0.05, 0.1) is 0 Å². The first kappa shape index (κ1) is 19.0. The summed E-state index contributed by atoms with van der Waals surface area (Å²) in [6.45, 7) is 4.64. The highest BCUT2D eigenvalue weighted by molar-refractivity contribution is 5.45. The van der Waals surface area contributed by atoms with Crippen LogP contribution in [-0.4, -0.2) is 30.9 Å². The fraction of sp³-hybridized carbons (Fsp3) is 0.250. The van der Waals surface area contributed by atoms with E-state index in [1.54, 1.807) is 6.07 Å². The predicted octanol–water partition coefficient (Wildman–Crippen LogP) is 4.21. The third kappa shape index (κ3) is 3.67. The van der Waals surface area contributed by atoms with Crippen molar-refractivity contribution in [2.75, 3.05) is 11.9 Å². The normalized spacial score (nSPS) is 11.9. The van der Waals surface area contributed by atoms with Gasteiger partial charge in [-0.15, -0.1) is 15.3 Å². The van der Waals surface area contributed by atoms with Gasteiger partial charge in [0.2, 0.25) is 0 Å². The monoisotopic (exact) mass is 400 g/mol. The summed E-state index contributed by atoms with van der Waals surface area (Å²) in [5.41, 5.74) is 4.58. The van der Waals surface area contributed by atoms with Crippen LogP contribution >= 0.6 is 0 Å². The highest BCUT2D eigenvalue weighted by Gasteiger charge is 2.37. The second-order valence-corrected chi connectivity index (χ2v) is 6.75. The second kappa shape index (κ2) is 7.23. The summed E-state index contributed by atoms with van der Waals surface area (Å²) in [5.74, 6) is -0.803. The van der Waals surface area contributed by atoms with Crippen LogP contribution in [0.4, 0.5) is 19.0 Å². The van der Waals surface area contributed by atoms with Crippen LogP contribution in [0.3, 0.4) is 0 Å². The van der Waals surface area contributed by atoms with Crippen molar-refractivity contribution < 1.29 is 13.2 Å². The first-order valence-corrected chi connectivity index (χ1v) is 9.11. The number of benzene rings is 1. The van der Waals surface area contributed by atoms with Gasteiger partial charge in [0, 0.05) is 23.6 Å². The molecule has 150 valence electrons. The molecule has 0 aliphatic rings. The Hall–Kier alpha value is -3.36. The van der Waals surface area contributed by atoms with Gasteiger partial charge in [-0.1, -0.05) is 18.2 Å². The largest absolute Gasteiger partial charge is 0.453 e. The number of halogens is 3. The Morgan fingerprint density at radius 1 is 1.00 bits per heavy atom. The summed E-state index contributed by atoms with van der Waals surface area (Å²) < 4.78 is 41.9. The third-order valence-corrected chi connectivity index (χ3v) is 4.77. The minimum absolute atomic E-state index is 0.0503. The van der Waals surface area contributed by atoms with Crippen LogP contribution in [0.2, 0.25) is 0 Å². The van der Waals surface area contributed by atoms with E-state index in [9.17, 15) is 13.2 Å². The molecule has 9 heteroatoms. The quantitative estimate of drug-likeness (QED) is 0.545. The molecule has 0 atom stereocenters. The highest BCUT2D eigenvalue weighted by Crippen LogP contribution is 2.27. The number of para-hydroxylation sites is 1. The second-order valence-electron chi connectivity index (χ2n) is 6.75. The van der Waals surface area contributed by atoms with Crippen LogP contribution in [0.25, 0.3) is 11.3 Å². The summed E-state index contributed by atoms with van der Waals surface area (Å²) in [6, 6.07) is 15.3. The molecular formula is C20H19F3N6. The van der Waals surface area contributed by atoms with Crippen molar-refractivity contribution in [3.05, 3.63) is 71.3 Å². The van der Waals surface area contributed by atoms with Crippen LogP contribution in [0.1, 0.15) is 22.8 Å². The molecule has 4 rings (SSSR count).